The molecular formula is C9H10FNO2. The second-order valence-corrected chi connectivity index (χ2v) is 2.80. The molecule has 0 spiro atoms. The van der Waals surface area contributed by atoms with E-state index in [4.69, 9.17) is 10.8 Å². The number of hydrogen-bond donors (Lipinski definition) is 2. The van der Waals surface area contributed by atoms with E-state index in [1.165, 1.54) is 18.2 Å². The minimum absolute atomic E-state index is 0.222. The predicted molar refractivity (Wildman–Crippen MR) is 46.0 cm³/mol. The summed E-state index contributed by atoms with van der Waals surface area (Å²) >= 11 is 0. The van der Waals surface area contributed by atoms with E-state index < -0.39 is 17.8 Å². The molecule has 1 atom stereocenters. The maximum absolute atomic E-state index is 13.3. The first-order chi connectivity index (χ1) is 6.04. The molecule has 1 unspecified atom stereocenters. The SMILES string of the molecule is CC(N)c1cccc(C(=O)O)c1F. The van der Waals surface area contributed by atoms with Crippen molar-refractivity contribution in [3.05, 3.63) is 35.1 Å². The van der Waals surface area contributed by atoms with Crippen molar-refractivity contribution >= 4 is 5.97 Å². The summed E-state index contributed by atoms with van der Waals surface area (Å²) in [6.07, 6.45) is 0. The molecule has 0 radical (unpaired) electrons. The summed E-state index contributed by atoms with van der Waals surface area (Å²) in [5, 5.41) is 8.59. The lowest BCUT2D eigenvalue weighted by atomic mass is 10.0. The average Bonchev–Trinajstić information content (AvgIpc) is 2.03. The number of carboxylic acids is 1. The first-order valence-corrected chi connectivity index (χ1v) is 3.81. The van der Waals surface area contributed by atoms with Crippen LogP contribution in [-0.4, -0.2) is 11.1 Å². The van der Waals surface area contributed by atoms with Gasteiger partial charge in [0, 0.05) is 11.6 Å². The molecule has 0 aliphatic heterocycles. The fraction of sp³-hybridized carbons (Fsp3) is 0.222. The normalized spacial score (nSPS) is 12.5. The predicted octanol–water partition coefficient (Wildman–Crippen LogP) is 1.54. The van der Waals surface area contributed by atoms with Crippen molar-refractivity contribution in [2.75, 3.05) is 0 Å². The maximum atomic E-state index is 13.3. The van der Waals surface area contributed by atoms with Gasteiger partial charge in [-0.2, -0.15) is 0 Å². The Morgan fingerprint density at radius 3 is 2.69 bits per heavy atom. The molecular weight excluding hydrogens is 173 g/mol. The molecule has 1 aromatic carbocycles. The van der Waals surface area contributed by atoms with Crippen molar-refractivity contribution in [1.82, 2.24) is 0 Å². The van der Waals surface area contributed by atoms with Crippen LogP contribution in [0.2, 0.25) is 0 Å². The first kappa shape index (κ1) is 9.67. The molecule has 3 N–H and O–H groups in total. The highest BCUT2D eigenvalue weighted by Crippen LogP contribution is 2.17. The maximum Gasteiger partial charge on any atom is 0.338 e. The minimum Gasteiger partial charge on any atom is -0.478 e. The van der Waals surface area contributed by atoms with Gasteiger partial charge in [-0.15, -0.1) is 0 Å². The highest BCUT2D eigenvalue weighted by molar-refractivity contribution is 5.88. The summed E-state index contributed by atoms with van der Waals surface area (Å²) in [7, 11) is 0. The Kier molecular flexibility index (Phi) is 2.63. The van der Waals surface area contributed by atoms with Gasteiger partial charge in [0.05, 0.1) is 5.56 Å². The van der Waals surface area contributed by atoms with Gasteiger partial charge in [-0.3, -0.25) is 0 Å². The van der Waals surface area contributed by atoms with E-state index in [0.717, 1.165) is 0 Å². The van der Waals surface area contributed by atoms with E-state index in [2.05, 4.69) is 0 Å². The van der Waals surface area contributed by atoms with E-state index in [9.17, 15) is 9.18 Å². The van der Waals surface area contributed by atoms with Gasteiger partial charge in [0.25, 0.3) is 0 Å². The molecule has 0 saturated carbocycles. The van der Waals surface area contributed by atoms with Crippen LogP contribution in [0.1, 0.15) is 28.9 Å². The van der Waals surface area contributed by atoms with Gasteiger partial charge in [-0.1, -0.05) is 12.1 Å². The van der Waals surface area contributed by atoms with Crippen LogP contribution in [0.5, 0.6) is 0 Å². The number of carbonyl (C=O) groups is 1. The van der Waals surface area contributed by atoms with Crippen LogP contribution in [0.15, 0.2) is 18.2 Å². The average molecular weight is 183 g/mol. The van der Waals surface area contributed by atoms with Crippen LogP contribution in [-0.2, 0) is 0 Å². The third kappa shape index (κ3) is 1.84. The Hall–Kier alpha value is -1.42. The monoisotopic (exact) mass is 183 g/mol. The quantitative estimate of drug-likeness (QED) is 0.731. The number of carboxylic acid groups (broad SMARTS) is 1. The van der Waals surface area contributed by atoms with Crippen molar-refractivity contribution in [2.45, 2.75) is 13.0 Å². The lowest BCUT2D eigenvalue weighted by Crippen LogP contribution is -2.11. The fourth-order valence-electron chi connectivity index (χ4n) is 1.07. The number of benzene rings is 1. The van der Waals surface area contributed by atoms with Gasteiger partial charge in [0.15, 0.2) is 0 Å². The van der Waals surface area contributed by atoms with Gasteiger partial charge in [-0.05, 0) is 13.0 Å². The highest BCUT2D eigenvalue weighted by Gasteiger charge is 2.15. The van der Waals surface area contributed by atoms with Gasteiger partial charge >= 0.3 is 5.97 Å². The Labute approximate surface area is 75.0 Å². The zero-order valence-electron chi connectivity index (χ0n) is 7.12. The van der Waals surface area contributed by atoms with Crippen molar-refractivity contribution in [3.63, 3.8) is 0 Å². The number of hydrogen-bond acceptors (Lipinski definition) is 2. The van der Waals surface area contributed by atoms with Crippen LogP contribution < -0.4 is 5.73 Å². The third-order valence-corrected chi connectivity index (χ3v) is 1.75. The van der Waals surface area contributed by atoms with E-state index in [1.807, 2.05) is 0 Å². The lowest BCUT2D eigenvalue weighted by Gasteiger charge is -2.08. The van der Waals surface area contributed by atoms with Crippen molar-refractivity contribution in [1.29, 1.82) is 0 Å². The Balaban J connectivity index is 3.26. The third-order valence-electron chi connectivity index (χ3n) is 1.75. The summed E-state index contributed by atoms with van der Waals surface area (Å²) in [6.45, 7) is 1.60. The van der Waals surface area contributed by atoms with Crippen LogP contribution >= 0.6 is 0 Å². The minimum atomic E-state index is -1.28. The molecule has 1 aromatic rings. The zero-order chi connectivity index (χ0) is 10.0. The number of halogens is 1. The highest BCUT2D eigenvalue weighted by atomic mass is 19.1. The van der Waals surface area contributed by atoms with Gasteiger partial charge < -0.3 is 10.8 Å². The molecule has 4 heteroatoms. The van der Waals surface area contributed by atoms with Crippen molar-refractivity contribution < 1.29 is 14.3 Å². The fourth-order valence-corrected chi connectivity index (χ4v) is 1.07. The number of rotatable bonds is 2. The molecule has 70 valence electrons. The second-order valence-electron chi connectivity index (χ2n) is 2.80. The molecule has 0 aliphatic carbocycles. The first-order valence-electron chi connectivity index (χ1n) is 3.81. The summed E-state index contributed by atoms with van der Waals surface area (Å²) in [4.78, 5) is 10.5. The largest absolute Gasteiger partial charge is 0.478 e. The molecule has 0 aliphatic rings. The molecule has 13 heavy (non-hydrogen) atoms. The Bertz CT molecular complexity index is 336. The molecule has 0 saturated heterocycles. The van der Waals surface area contributed by atoms with Gasteiger partial charge in [0.2, 0.25) is 0 Å². The van der Waals surface area contributed by atoms with E-state index in [0.29, 0.717) is 0 Å². The van der Waals surface area contributed by atoms with Gasteiger partial charge in [-0.25, -0.2) is 9.18 Å². The second kappa shape index (κ2) is 3.53. The molecule has 0 fully saturated rings. The van der Waals surface area contributed by atoms with E-state index >= 15 is 0 Å². The summed E-state index contributed by atoms with van der Waals surface area (Å²) in [6, 6.07) is 3.67. The summed E-state index contributed by atoms with van der Waals surface area (Å²) < 4.78 is 13.3. The summed E-state index contributed by atoms with van der Waals surface area (Å²) in [5.41, 5.74) is 5.33. The molecule has 0 amide bonds. The van der Waals surface area contributed by atoms with Crippen LogP contribution in [0.3, 0.4) is 0 Å². The smallest absolute Gasteiger partial charge is 0.338 e. The van der Waals surface area contributed by atoms with Crippen LogP contribution in [0.25, 0.3) is 0 Å². The number of nitrogens with two attached hydrogens (primary N) is 1. The Morgan fingerprint density at radius 2 is 2.23 bits per heavy atom. The van der Waals surface area contributed by atoms with Gasteiger partial charge in [0.1, 0.15) is 5.82 Å². The molecule has 0 aromatic heterocycles. The van der Waals surface area contributed by atoms with Crippen LogP contribution in [0.4, 0.5) is 4.39 Å². The van der Waals surface area contributed by atoms with E-state index in [1.54, 1.807) is 6.92 Å². The molecule has 0 heterocycles. The van der Waals surface area contributed by atoms with Crippen LogP contribution in [0, 0.1) is 5.82 Å². The molecule has 3 nitrogen and oxygen atoms in total. The topological polar surface area (TPSA) is 63.3 Å². The summed E-state index contributed by atoms with van der Waals surface area (Å²) in [5.74, 6) is -2.02. The zero-order valence-corrected chi connectivity index (χ0v) is 7.12. The standard InChI is InChI=1S/C9H10FNO2/c1-5(11)6-3-2-4-7(8(6)10)9(12)13/h2-5H,11H2,1H3,(H,12,13). The van der Waals surface area contributed by atoms with Crippen molar-refractivity contribution in [2.24, 2.45) is 5.73 Å². The lowest BCUT2D eigenvalue weighted by molar-refractivity contribution is 0.0691. The molecule has 0 bridgehead atoms. The van der Waals surface area contributed by atoms with Crippen molar-refractivity contribution in [3.8, 4) is 0 Å². The Morgan fingerprint density at radius 1 is 1.62 bits per heavy atom. The van der Waals surface area contributed by atoms with E-state index in [-0.39, 0.29) is 11.1 Å². The number of aromatic carboxylic acids is 1. The molecule has 1 rings (SSSR count).